The zero-order valence-corrected chi connectivity index (χ0v) is 11.0. The summed E-state index contributed by atoms with van der Waals surface area (Å²) in [6.45, 7) is 16.1. The average Bonchev–Trinajstić information content (AvgIpc) is 2.24. The lowest BCUT2D eigenvalue weighted by Gasteiger charge is -2.31. The quantitative estimate of drug-likeness (QED) is 0.665. The molecule has 1 aliphatic heterocycles. The van der Waals surface area contributed by atoms with Gasteiger partial charge in [0.15, 0.2) is 0 Å². The fourth-order valence-corrected chi connectivity index (χ4v) is 1.88. The van der Waals surface area contributed by atoms with E-state index in [0.29, 0.717) is 0 Å². The van der Waals surface area contributed by atoms with Crippen LogP contribution in [0.2, 0.25) is 0 Å². The van der Waals surface area contributed by atoms with Gasteiger partial charge >= 0.3 is 0 Å². The lowest BCUT2D eigenvalue weighted by Crippen LogP contribution is -2.26. The van der Waals surface area contributed by atoms with E-state index < -0.39 is 0 Å². The SMILES string of the molecule is CC(C)(C)C1=C(C(C)(C)C)OCCNC1. The molecule has 0 spiro atoms. The summed E-state index contributed by atoms with van der Waals surface area (Å²) in [7, 11) is 0. The third-order valence-electron chi connectivity index (χ3n) is 2.69. The van der Waals surface area contributed by atoms with Crippen LogP contribution in [0.3, 0.4) is 0 Å². The van der Waals surface area contributed by atoms with Crippen molar-refractivity contribution in [2.75, 3.05) is 19.7 Å². The van der Waals surface area contributed by atoms with Crippen LogP contribution in [-0.2, 0) is 4.74 Å². The van der Waals surface area contributed by atoms with Gasteiger partial charge in [0, 0.05) is 18.5 Å². The number of hydrogen-bond donors (Lipinski definition) is 1. The van der Waals surface area contributed by atoms with Crippen LogP contribution >= 0.6 is 0 Å². The standard InChI is InChI=1S/C13H25NO/c1-12(2,3)10-9-14-7-8-15-11(10)13(4,5)6/h14H,7-9H2,1-6H3. The van der Waals surface area contributed by atoms with E-state index in [2.05, 4.69) is 46.9 Å². The first kappa shape index (κ1) is 12.6. The second-order valence-corrected chi connectivity index (χ2v) is 6.33. The van der Waals surface area contributed by atoms with E-state index in [1.165, 1.54) is 11.3 Å². The van der Waals surface area contributed by atoms with E-state index in [0.717, 1.165) is 19.7 Å². The Bertz CT molecular complexity index is 227. The highest BCUT2D eigenvalue weighted by Crippen LogP contribution is 2.37. The van der Waals surface area contributed by atoms with E-state index >= 15 is 0 Å². The van der Waals surface area contributed by atoms with Crippen LogP contribution in [-0.4, -0.2) is 19.7 Å². The first-order chi connectivity index (χ1) is 6.73. The zero-order valence-electron chi connectivity index (χ0n) is 11.0. The topological polar surface area (TPSA) is 21.3 Å². The molecule has 1 aliphatic rings. The van der Waals surface area contributed by atoms with Gasteiger partial charge in [-0.3, -0.25) is 0 Å². The van der Waals surface area contributed by atoms with Crippen molar-refractivity contribution in [3.05, 3.63) is 11.3 Å². The van der Waals surface area contributed by atoms with Crippen LogP contribution in [0.4, 0.5) is 0 Å². The minimum Gasteiger partial charge on any atom is -0.496 e. The molecule has 1 N–H and O–H groups in total. The second kappa shape index (κ2) is 4.17. The van der Waals surface area contributed by atoms with Gasteiger partial charge in [-0.15, -0.1) is 0 Å². The van der Waals surface area contributed by atoms with E-state index in [4.69, 9.17) is 4.74 Å². The predicted molar refractivity (Wildman–Crippen MR) is 64.8 cm³/mol. The van der Waals surface area contributed by atoms with Gasteiger partial charge in [-0.1, -0.05) is 41.5 Å². The first-order valence-corrected chi connectivity index (χ1v) is 5.80. The Morgan fingerprint density at radius 1 is 1.00 bits per heavy atom. The Kier molecular flexibility index (Phi) is 3.49. The van der Waals surface area contributed by atoms with Gasteiger partial charge in [0.05, 0.1) is 0 Å². The van der Waals surface area contributed by atoms with Gasteiger partial charge < -0.3 is 10.1 Å². The lowest BCUT2D eigenvalue weighted by molar-refractivity contribution is 0.152. The highest BCUT2D eigenvalue weighted by molar-refractivity contribution is 5.22. The van der Waals surface area contributed by atoms with Crippen molar-refractivity contribution in [1.29, 1.82) is 0 Å². The van der Waals surface area contributed by atoms with E-state index in [1.54, 1.807) is 0 Å². The summed E-state index contributed by atoms with van der Waals surface area (Å²) in [6.07, 6.45) is 0. The monoisotopic (exact) mass is 211 g/mol. The van der Waals surface area contributed by atoms with E-state index in [1.807, 2.05) is 0 Å². The maximum atomic E-state index is 5.92. The Morgan fingerprint density at radius 3 is 2.07 bits per heavy atom. The second-order valence-electron chi connectivity index (χ2n) is 6.33. The molecule has 0 aromatic heterocycles. The Morgan fingerprint density at radius 2 is 1.60 bits per heavy atom. The first-order valence-electron chi connectivity index (χ1n) is 5.80. The minimum absolute atomic E-state index is 0.106. The van der Waals surface area contributed by atoms with Crippen molar-refractivity contribution in [2.24, 2.45) is 10.8 Å². The zero-order chi connectivity index (χ0) is 11.7. The average molecular weight is 211 g/mol. The largest absolute Gasteiger partial charge is 0.496 e. The summed E-state index contributed by atoms with van der Waals surface area (Å²) < 4.78 is 5.92. The molecular weight excluding hydrogens is 186 g/mol. The van der Waals surface area contributed by atoms with Crippen LogP contribution in [0.1, 0.15) is 41.5 Å². The predicted octanol–water partition coefficient (Wildman–Crippen LogP) is 2.95. The normalized spacial score (nSPS) is 19.9. The summed E-state index contributed by atoms with van der Waals surface area (Å²) in [5.74, 6) is 1.18. The number of ether oxygens (including phenoxy) is 1. The van der Waals surface area contributed by atoms with Crippen molar-refractivity contribution in [2.45, 2.75) is 41.5 Å². The van der Waals surface area contributed by atoms with E-state index in [9.17, 15) is 0 Å². The van der Waals surface area contributed by atoms with E-state index in [-0.39, 0.29) is 10.8 Å². The molecule has 0 saturated carbocycles. The van der Waals surface area contributed by atoms with Gasteiger partial charge in [-0.05, 0) is 11.0 Å². The molecule has 15 heavy (non-hydrogen) atoms. The van der Waals surface area contributed by atoms with Crippen molar-refractivity contribution >= 4 is 0 Å². The molecule has 0 fully saturated rings. The molecule has 0 unspecified atom stereocenters. The summed E-state index contributed by atoms with van der Waals surface area (Å²) in [5, 5.41) is 3.42. The fourth-order valence-electron chi connectivity index (χ4n) is 1.88. The van der Waals surface area contributed by atoms with Crippen LogP contribution in [0.5, 0.6) is 0 Å². The molecule has 2 nitrogen and oxygen atoms in total. The lowest BCUT2D eigenvalue weighted by atomic mass is 9.79. The van der Waals surface area contributed by atoms with Crippen molar-refractivity contribution in [3.8, 4) is 0 Å². The number of hydrogen-bond acceptors (Lipinski definition) is 2. The molecule has 0 amide bonds. The van der Waals surface area contributed by atoms with Gasteiger partial charge in [0.25, 0.3) is 0 Å². The Hall–Kier alpha value is -0.500. The molecular formula is C13H25NO. The maximum absolute atomic E-state index is 5.92. The van der Waals surface area contributed by atoms with Crippen LogP contribution in [0.25, 0.3) is 0 Å². The minimum atomic E-state index is 0.106. The van der Waals surface area contributed by atoms with Gasteiger partial charge in [-0.2, -0.15) is 0 Å². The maximum Gasteiger partial charge on any atom is 0.102 e. The van der Waals surface area contributed by atoms with Gasteiger partial charge in [0.1, 0.15) is 12.4 Å². The van der Waals surface area contributed by atoms with Gasteiger partial charge in [-0.25, -0.2) is 0 Å². The van der Waals surface area contributed by atoms with Crippen molar-refractivity contribution < 1.29 is 4.74 Å². The Labute approximate surface area is 94.1 Å². The fraction of sp³-hybridized carbons (Fsp3) is 0.846. The number of nitrogens with one attached hydrogen (secondary N) is 1. The third-order valence-corrected chi connectivity index (χ3v) is 2.69. The van der Waals surface area contributed by atoms with Crippen molar-refractivity contribution in [3.63, 3.8) is 0 Å². The van der Waals surface area contributed by atoms with Gasteiger partial charge in [0.2, 0.25) is 0 Å². The highest BCUT2D eigenvalue weighted by Gasteiger charge is 2.30. The summed E-state index contributed by atoms with van der Waals surface area (Å²) in [5.41, 5.74) is 1.70. The molecule has 0 aromatic carbocycles. The molecule has 0 aliphatic carbocycles. The molecule has 0 saturated heterocycles. The summed E-state index contributed by atoms with van der Waals surface area (Å²) >= 11 is 0. The molecule has 1 heterocycles. The molecule has 1 rings (SSSR count). The number of allylic oxidation sites excluding steroid dienone is 1. The number of rotatable bonds is 0. The molecule has 0 bridgehead atoms. The molecule has 0 atom stereocenters. The van der Waals surface area contributed by atoms with Crippen LogP contribution in [0.15, 0.2) is 11.3 Å². The summed E-state index contributed by atoms with van der Waals surface area (Å²) in [6, 6.07) is 0. The molecule has 0 radical (unpaired) electrons. The smallest absolute Gasteiger partial charge is 0.102 e. The molecule has 2 heteroatoms. The van der Waals surface area contributed by atoms with Crippen LogP contribution in [0, 0.1) is 10.8 Å². The highest BCUT2D eigenvalue weighted by atomic mass is 16.5. The van der Waals surface area contributed by atoms with Crippen LogP contribution < -0.4 is 5.32 Å². The molecule has 0 aromatic rings. The molecule has 88 valence electrons. The van der Waals surface area contributed by atoms with Crippen molar-refractivity contribution in [1.82, 2.24) is 5.32 Å². The third kappa shape index (κ3) is 3.23. The summed E-state index contributed by atoms with van der Waals surface area (Å²) in [4.78, 5) is 0. The Balaban J connectivity index is 3.13.